The Morgan fingerprint density at radius 1 is 1.64 bits per heavy atom. The van der Waals surface area contributed by atoms with Crippen LogP contribution in [0, 0.1) is 0 Å². The van der Waals surface area contributed by atoms with Crippen molar-refractivity contribution >= 4 is 44.6 Å². The highest BCUT2D eigenvalue weighted by molar-refractivity contribution is 15.0. The van der Waals surface area contributed by atoms with Gasteiger partial charge in [-0.1, -0.05) is 0 Å². The first-order chi connectivity index (χ1) is 5.02. The fourth-order valence-electron chi connectivity index (χ4n) is 1.11. The van der Waals surface area contributed by atoms with Gasteiger partial charge in [-0.15, -0.1) is 0 Å². The van der Waals surface area contributed by atoms with E-state index in [1.54, 1.807) is 0 Å². The summed E-state index contributed by atoms with van der Waals surface area (Å²) in [5.41, 5.74) is 0. The molecule has 0 amide bonds. The highest BCUT2D eigenvalue weighted by Gasteiger charge is 2.35. The van der Waals surface area contributed by atoms with Crippen molar-refractivity contribution < 1.29 is 9.46 Å². The van der Waals surface area contributed by atoms with Crippen molar-refractivity contribution in [2.45, 2.75) is 12.2 Å². The molecule has 0 radical (unpaired) electrons. The lowest BCUT2D eigenvalue weighted by molar-refractivity contribution is 0.177. The molecule has 0 bridgehead atoms. The van der Waals surface area contributed by atoms with Gasteiger partial charge in [-0.05, 0) is 13.5 Å². The van der Waals surface area contributed by atoms with E-state index in [1.807, 2.05) is 11.9 Å². The molecular weight excluding hydrogens is 391 g/mol. The standard InChI is InChI=1S/C5H12NO2P.I2/c1-6-4-3-5(6)9(2,7)8;1-2/h5H,3-4H2,1-2H3,(H,7,8);. The molecule has 2 unspecified atom stereocenters. The van der Waals surface area contributed by atoms with Crippen LogP contribution in [-0.4, -0.2) is 35.8 Å². The van der Waals surface area contributed by atoms with Gasteiger partial charge in [-0.3, -0.25) is 9.46 Å². The molecule has 1 N–H and O–H groups in total. The Bertz CT molecular complexity index is 161. The molecule has 68 valence electrons. The van der Waals surface area contributed by atoms with Crippen LogP contribution in [0.1, 0.15) is 6.42 Å². The third-order valence-corrected chi connectivity index (χ3v) is 3.56. The summed E-state index contributed by atoms with van der Waals surface area (Å²) in [6.45, 7) is 2.39. The summed E-state index contributed by atoms with van der Waals surface area (Å²) in [6.07, 6.45) is 0.876. The quantitative estimate of drug-likeness (QED) is 0.540. The number of nitrogens with zero attached hydrogens (tertiary/aromatic N) is 1. The van der Waals surface area contributed by atoms with E-state index >= 15 is 0 Å². The Labute approximate surface area is 90.7 Å². The van der Waals surface area contributed by atoms with E-state index in [1.165, 1.54) is 6.66 Å². The normalized spacial score (nSPS) is 29.4. The lowest BCUT2D eigenvalue weighted by atomic mass is 10.2. The Morgan fingerprint density at radius 3 is 2.09 bits per heavy atom. The zero-order valence-electron chi connectivity index (χ0n) is 6.50. The van der Waals surface area contributed by atoms with Crippen LogP contribution in [0.3, 0.4) is 0 Å². The summed E-state index contributed by atoms with van der Waals surface area (Å²) >= 11 is 4.24. The van der Waals surface area contributed by atoms with Gasteiger partial charge in [0.05, 0.1) is 5.78 Å². The zero-order chi connectivity index (χ0) is 9.07. The minimum absolute atomic E-state index is 0.0579. The summed E-state index contributed by atoms with van der Waals surface area (Å²) < 4.78 is 10.9. The van der Waals surface area contributed by atoms with Gasteiger partial charge in [-0.25, -0.2) is 0 Å². The molecule has 11 heavy (non-hydrogen) atoms. The Morgan fingerprint density at radius 2 is 2.09 bits per heavy atom. The first-order valence-electron chi connectivity index (χ1n) is 3.16. The molecule has 1 aliphatic rings. The Kier molecular flexibility index (Phi) is 6.15. The highest BCUT2D eigenvalue weighted by atomic mass is 128. The number of halogens is 2. The first kappa shape index (κ1) is 12.6. The largest absolute Gasteiger partial charge is 0.343 e. The van der Waals surface area contributed by atoms with Crippen molar-refractivity contribution in [2.75, 3.05) is 20.3 Å². The number of rotatable bonds is 1. The maximum absolute atomic E-state index is 10.9. The fourth-order valence-corrected chi connectivity index (χ4v) is 2.55. The van der Waals surface area contributed by atoms with Crippen LogP contribution in [0.25, 0.3) is 0 Å². The first-order valence-corrected chi connectivity index (χ1v) is 11.6. The molecule has 0 spiro atoms. The van der Waals surface area contributed by atoms with Crippen molar-refractivity contribution in [2.24, 2.45) is 0 Å². The summed E-state index contributed by atoms with van der Waals surface area (Å²) in [5, 5.41) is 0. The third kappa shape index (κ3) is 3.89. The predicted molar refractivity (Wildman–Crippen MR) is 64.8 cm³/mol. The van der Waals surface area contributed by atoms with Crippen LogP contribution in [0.2, 0.25) is 0 Å². The maximum Gasteiger partial charge on any atom is 0.214 e. The molecule has 1 aliphatic heterocycles. The van der Waals surface area contributed by atoms with E-state index in [-0.39, 0.29) is 5.78 Å². The molecule has 0 aliphatic carbocycles. The van der Waals surface area contributed by atoms with Crippen molar-refractivity contribution in [3.63, 3.8) is 0 Å². The lowest BCUT2D eigenvalue weighted by Crippen LogP contribution is -2.43. The topological polar surface area (TPSA) is 40.5 Å². The van der Waals surface area contributed by atoms with Crippen LogP contribution in [0.4, 0.5) is 0 Å². The van der Waals surface area contributed by atoms with E-state index in [0.29, 0.717) is 0 Å². The van der Waals surface area contributed by atoms with Gasteiger partial charge in [-0.2, -0.15) is 0 Å². The van der Waals surface area contributed by atoms with E-state index in [9.17, 15) is 4.57 Å². The highest BCUT2D eigenvalue weighted by Crippen LogP contribution is 2.48. The van der Waals surface area contributed by atoms with E-state index in [2.05, 4.69) is 37.2 Å². The van der Waals surface area contributed by atoms with Gasteiger partial charge in [0.1, 0.15) is 0 Å². The van der Waals surface area contributed by atoms with E-state index in [0.717, 1.165) is 13.0 Å². The third-order valence-electron chi connectivity index (χ3n) is 1.80. The van der Waals surface area contributed by atoms with Gasteiger partial charge in [0.2, 0.25) is 7.37 Å². The van der Waals surface area contributed by atoms with Gasteiger partial charge in [0, 0.05) is 50.4 Å². The second-order valence-electron chi connectivity index (χ2n) is 2.69. The molecule has 1 fully saturated rings. The summed E-state index contributed by atoms with van der Waals surface area (Å²) in [5.74, 6) is -0.0579. The SMILES string of the molecule is CN1CCC1P(C)(=O)O.II. The lowest BCUT2D eigenvalue weighted by Gasteiger charge is -2.38. The molecule has 1 rings (SSSR count). The summed E-state index contributed by atoms with van der Waals surface area (Å²) in [4.78, 5) is 10.9. The van der Waals surface area contributed by atoms with Gasteiger partial charge < -0.3 is 4.89 Å². The number of hydrogen-bond acceptors (Lipinski definition) is 2. The summed E-state index contributed by atoms with van der Waals surface area (Å²) in [6, 6.07) is 0. The summed E-state index contributed by atoms with van der Waals surface area (Å²) in [7, 11) is -0.925. The van der Waals surface area contributed by atoms with E-state index in [4.69, 9.17) is 4.89 Å². The average molecular weight is 403 g/mol. The van der Waals surface area contributed by atoms with Crippen LogP contribution in [0.15, 0.2) is 0 Å². The maximum atomic E-state index is 10.9. The Hall–Kier alpha value is 1.61. The predicted octanol–water partition coefficient (Wildman–Crippen LogP) is 2.32. The van der Waals surface area contributed by atoms with Crippen LogP contribution >= 0.6 is 44.6 Å². The van der Waals surface area contributed by atoms with Gasteiger partial charge >= 0.3 is 0 Å². The average Bonchev–Trinajstić information content (AvgIpc) is 1.86. The van der Waals surface area contributed by atoms with Crippen molar-refractivity contribution in [3.05, 3.63) is 0 Å². The molecule has 0 aromatic carbocycles. The molecule has 2 atom stereocenters. The molecule has 1 saturated heterocycles. The van der Waals surface area contributed by atoms with Crippen molar-refractivity contribution in [3.8, 4) is 0 Å². The van der Waals surface area contributed by atoms with Gasteiger partial charge in [0.15, 0.2) is 0 Å². The van der Waals surface area contributed by atoms with Gasteiger partial charge in [0.25, 0.3) is 0 Å². The van der Waals surface area contributed by atoms with Crippen molar-refractivity contribution in [1.82, 2.24) is 4.90 Å². The second-order valence-corrected chi connectivity index (χ2v) is 5.18. The van der Waals surface area contributed by atoms with Crippen molar-refractivity contribution in [1.29, 1.82) is 0 Å². The fraction of sp³-hybridized carbons (Fsp3) is 1.00. The molecule has 1 heterocycles. The molecule has 3 nitrogen and oxygen atoms in total. The smallest absolute Gasteiger partial charge is 0.214 e. The second kappa shape index (κ2) is 5.36. The molecule has 0 saturated carbocycles. The Balaban J connectivity index is 0.000000461. The van der Waals surface area contributed by atoms with Crippen LogP contribution < -0.4 is 0 Å². The number of hydrogen-bond donors (Lipinski definition) is 1. The molecule has 0 aromatic heterocycles. The molecule has 6 heteroatoms. The molecule has 0 aromatic rings. The minimum Gasteiger partial charge on any atom is -0.343 e. The zero-order valence-corrected chi connectivity index (χ0v) is 11.7. The number of likely N-dealkylation sites (tertiary alicyclic amines) is 1. The minimum atomic E-state index is -2.80. The van der Waals surface area contributed by atoms with E-state index < -0.39 is 7.37 Å². The van der Waals surface area contributed by atoms with Crippen LogP contribution in [-0.2, 0) is 4.57 Å². The van der Waals surface area contributed by atoms with Crippen LogP contribution in [0.5, 0.6) is 0 Å². The monoisotopic (exact) mass is 403 g/mol. The molecular formula is C5H12I2NO2P.